The van der Waals surface area contributed by atoms with Crippen LogP contribution in [-0.2, 0) is 16.6 Å². The van der Waals surface area contributed by atoms with Crippen molar-refractivity contribution in [1.82, 2.24) is 9.55 Å². The van der Waals surface area contributed by atoms with E-state index in [2.05, 4.69) is 9.71 Å². The summed E-state index contributed by atoms with van der Waals surface area (Å²) >= 11 is 0. The van der Waals surface area contributed by atoms with Crippen molar-refractivity contribution in [3.8, 4) is 0 Å². The van der Waals surface area contributed by atoms with Crippen molar-refractivity contribution >= 4 is 26.6 Å². The Morgan fingerprint density at radius 2 is 1.88 bits per heavy atom. The molecule has 0 aliphatic rings. The lowest BCUT2D eigenvalue weighted by molar-refractivity contribution is 0.589. The number of halogens is 1. The first-order valence-electron chi connectivity index (χ1n) is 7.75. The highest BCUT2D eigenvalue weighted by Crippen LogP contribution is 2.15. The standard InChI is InChI=1S/C17H16FN3O4S/c1-11-6-7-12(10-14(11)18)20-26(24,25)9-8-21-16(22)13-4-2-3-5-15(13)19-17(21)23/h2-7,10,20H,8-9H2,1H3,(H,19,23). The quantitative estimate of drug-likeness (QED) is 0.705. The van der Waals surface area contributed by atoms with E-state index in [4.69, 9.17) is 0 Å². The monoisotopic (exact) mass is 377 g/mol. The zero-order valence-corrected chi connectivity index (χ0v) is 14.6. The molecule has 1 aromatic heterocycles. The van der Waals surface area contributed by atoms with E-state index in [1.165, 1.54) is 12.1 Å². The predicted octanol–water partition coefficient (Wildman–Crippen LogP) is 1.58. The third-order valence-electron chi connectivity index (χ3n) is 3.92. The molecule has 0 radical (unpaired) electrons. The number of para-hydroxylation sites is 1. The molecule has 0 fully saturated rings. The number of benzene rings is 2. The van der Waals surface area contributed by atoms with Crippen LogP contribution in [0.4, 0.5) is 10.1 Å². The number of aromatic amines is 1. The fourth-order valence-corrected chi connectivity index (χ4v) is 3.51. The van der Waals surface area contributed by atoms with Crippen molar-refractivity contribution in [2.24, 2.45) is 0 Å². The Bertz CT molecular complexity index is 1200. The fourth-order valence-electron chi connectivity index (χ4n) is 2.50. The molecule has 1 heterocycles. The lowest BCUT2D eigenvalue weighted by atomic mass is 10.2. The summed E-state index contributed by atoms with van der Waals surface area (Å²) in [7, 11) is -3.88. The number of sulfonamides is 1. The molecule has 0 spiro atoms. The van der Waals surface area contributed by atoms with Crippen molar-refractivity contribution in [2.75, 3.05) is 10.5 Å². The van der Waals surface area contributed by atoms with Gasteiger partial charge in [0.2, 0.25) is 10.0 Å². The first-order chi connectivity index (χ1) is 12.3. The van der Waals surface area contributed by atoms with Crippen molar-refractivity contribution in [3.63, 3.8) is 0 Å². The van der Waals surface area contributed by atoms with Crippen LogP contribution >= 0.6 is 0 Å². The van der Waals surface area contributed by atoms with E-state index < -0.39 is 32.8 Å². The van der Waals surface area contributed by atoms with Gasteiger partial charge in [-0.2, -0.15) is 0 Å². The van der Waals surface area contributed by atoms with Crippen LogP contribution in [0, 0.1) is 12.7 Å². The lowest BCUT2D eigenvalue weighted by Gasteiger charge is -2.10. The Balaban J connectivity index is 1.84. The van der Waals surface area contributed by atoms with Gasteiger partial charge in [0.25, 0.3) is 5.56 Å². The van der Waals surface area contributed by atoms with Crippen molar-refractivity contribution < 1.29 is 12.8 Å². The average Bonchev–Trinajstić information content (AvgIpc) is 2.57. The molecular formula is C17H16FN3O4S. The van der Waals surface area contributed by atoms with Gasteiger partial charge in [-0.15, -0.1) is 0 Å². The van der Waals surface area contributed by atoms with Gasteiger partial charge in [0.15, 0.2) is 0 Å². The Hall–Kier alpha value is -2.94. The van der Waals surface area contributed by atoms with E-state index in [1.807, 2.05) is 0 Å². The molecule has 0 bridgehead atoms. The summed E-state index contributed by atoms with van der Waals surface area (Å²) in [5.74, 6) is -1.04. The first-order valence-corrected chi connectivity index (χ1v) is 9.40. The maximum atomic E-state index is 13.5. The maximum absolute atomic E-state index is 13.5. The largest absolute Gasteiger partial charge is 0.328 e. The lowest BCUT2D eigenvalue weighted by Crippen LogP contribution is -2.37. The molecule has 0 saturated heterocycles. The second kappa shape index (κ2) is 6.75. The second-order valence-electron chi connectivity index (χ2n) is 5.82. The Labute approximate surface area is 148 Å². The van der Waals surface area contributed by atoms with E-state index in [0.717, 1.165) is 10.6 Å². The summed E-state index contributed by atoms with van der Waals surface area (Å²) in [6.07, 6.45) is 0. The normalized spacial score (nSPS) is 11.6. The van der Waals surface area contributed by atoms with Crippen molar-refractivity contribution in [2.45, 2.75) is 13.5 Å². The van der Waals surface area contributed by atoms with Crippen molar-refractivity contribution in [3.05, 3.63) is 74.7 Å². The highest BCUT2D eigenvalue weighted by Gasteiger charge is 2.14. The molecule has 0 atom stereocenters. The molecule has 3 aromatic rings. The van der Waals surface area contributed by atoms with Gasteiger partial charge in [-0.05, 0) is 36.8 Å². The second-order valence-corrected chi connectivity index (χ2v) is 7.66. The topological polar surface area (TPSA) is 101 Å². The van der Waals surface area contributed by atoms with E-state index in [1.54, 1.807) is 31.2 Å². The highest BCUT2D eigenvalue weighted by molar-refractivity contribution is 7.92. The summed E-state index contributed by atoms with van der Waals surface area (Å²) in [4.78, 5) is 27.0. The van der Waals surface area contributed by atoms with Gasteiger partial charge in [0.05, 0.1) is 22.3 Å². The molecule has 26 heavy (non-hydrogen) atoms. The molecule has 0 saturated carbocycles. The Morgan fingerprint density at radius 1 is 1.15 bits per heavy atom. The van der Waals surface area contributed by atoms with Crippen LogP contribution in [0.3, 0.4) is 0 Å². The van der Waals surface area contributed by atoms with Gasteiger partial charge < -0.3 is 4.98 Å². The van der Waals surface area contributed by atoms with Crippen LogP contribution < -0.4 is 16.0 Å². The Morgan fingerprint density at radius 3 is 2.62 bits per heavy atom. The first kappa shape index (κ1) is 17.9. The molecule has 2 N–H and O–H groups in total. The van der Waals surface area contributed by atoms with Gasteiger partial charge in [-0.1, -0.05) is 18.2 Å². The highest BCUT2D eigenvalue weighted by atomic mass is 32.2. The number of H-pyrrole nitrogens is 1. The number of hydrogen-bond donors (Lipinski definition) is 2. The molecule has 2 aromatic carbocycles. The number of fused-ring (bicyclic) bond motifs is 1. The zero-order valence-electron chi connectivity index (χ0n) is 13.8. The molecule has 7 nitrogen and oxygen atoms in total. The molecule has 9 heteroatoms. The average molecular weight is 377 g/mol. The minimum Gasteiger partial charge on any atom is -0.307 e. The predicted molar refractivity (Wildman–Crippen MR) is 97.4 cm³/mol. The Kier molecular flexibility index (Phi) is 4.64. The van der Waals surface area contributed by atoms with E-state index >= 15 is 0 Å². The van der Waals surface area contributed by atoms with Gasteiger partial charge in [0.1, 0.15) is 5.82 Å². The minimum atomic E-state index is -3.88. The summed E-state index contributed by atoms with van der Waals surface area (Å²) < 4.78 is 41.0. The number of nitrogens with one attached hydrogen (secondary N) is 2. The summed E-state index contributed by atoms with van der Waals surface area (Å²) in [5, 5.41) is 0.290. The third-order valence-corrected chi connectivity index (χ3v) is 5.18. The van der Waals surface area contributed by atoms with E-state index in [-0.39, 0.29) is 17.6 Å². The van der Waals surface area contributed by atoms with Crippen LogP contribution in [0.15, 0.2) is 52.1 Å². The fraction of sp³-hybridized carbons (Fsp3) is 0.176. The summed E-state index contributed by atoms with van der Waals surface area (Å²) in [5.41, 5.74) is -0.406. The van der Waals surface area contributed by atoms with Gasteiger partial charge in [-0.25, -0.2) is 17.6 Å². The molecule has 136 valence electrons. The number of rotatable bonds is 5. The van der Waals surface area contributed by atoms with E-state index in [0.29, 0.717) is 11.1 Å². The smallest absolute Gasteiger partial charge is 0.307 e. The van der Waals surface area contributed by atoms with E-state index in [9.17, 15) is 22.4 Å². The maximum Gasteiger partial charge on any atom is 0.328 e. The summed E-state index contributed by atoms with van der Waals surface area (Å²) in [6, 6.07) is 10.4. The van der Waals surface area contributed by atoms with Crippen LogP contribution in [0.1, 0.15) is 5.56 Å². The SMILES string of the molecule is Cc1ccc(NS(=O)(=O)CCn2c(=O)[nH]c3ccccc3c2=O)cc1F. The molecule has 0 unspecified atom stereocenters. The zero-order chi connectivity index (χ0) is 18.9. The van der Waals surface area contributed by atoms with Gasteiger partial charge in [-0.3, -0.25) is 14.1 Å². The number of anilines is 1. The van der Waals surface area contributed by atoms with Crippen LogP contribution in [0.25, 0.3) is 10.9 Å². The molecule has 3 rings (SSSR count). The number of hydrogen-bond acceptors (Lipinski definition) is 4. The minimum absolute atomic E-state index is 0.0767. The molecule has 0 amide bonds. The van der Waals surface area contributed by atoms with Crippen LogP contribution in [0.2, 0.25) is 0 Å². The van der Waals surface area contributed by atoms with Gasteiger partial charge in [0, 0.05) is 6.54 Å². The third kappa shape index (κ3) is 3.67. The molecule has 0 aliphatic heterocycles. The number of aryl methyl sites for hydroxylation is 1. The van der Waals surface area contributed by atoms with Gasteiger partial charge >= 0.3 is 5.69 Å². The number of nitrogens with zero attached hydrogens (tertiary/aromatic N) is 1. The van der Waals surface area contributed by atoms with Crippen molar-refractivity contribution in [1.29, 1.82) is 0 Å². The van der Waals surface area contributed by atoms with Crippen LogP contribution in [0.5, 0.6) is 0 Å². The number of aromatic nitrogens is 2. The molecular weight excluding hydrogens is 361 g/mol. The molecule has 0 aliphatic carbocycles. The summed E-state index contributed by atoms with van der Waals surface area (Å²) in [6.45, 7) is 1.23. The van der Waals surface area contributed by atoms with Crippen LogP contribution in [-0.4, -0.2) is 23.7 Å².